The van der Waals surface area contributed by atoms with Crippen LogP contribution < -0.4 is 4.72 Å². The van der Waals surface area contributed by atoms with Crippen LogP contribution in [-0.2, 0) is 10.0 Å². The summed E-state index contributed by atoms with van der Waals surface area (Å²) in [4.78, 5) is 4.23. The number of pyridine rings is 1. The van der Waals surface area contributed by atoms with Crippen LogP contribution in [0.3, 0.4) is 0 Å². The topological polar surface area (TPSA) is 59.1 Å². The molecule has 0 saturated heterocycles. The van der Waals surface area contributed by atoms with Crippen molar-refractivity contribution in [3.63, 3.8) is 0 Å². The lowest BCUT2D eigenvalue weighted by Crippen LogP contribution is -2.14. The SMILES string of the molecule is CC(C)c1ccc(S(=O)(=O)Nc2ccc(Cl)nc2I)cc1. The monoisotopic (exact) mass is 436 g/mol. The molecule has 7 heteroatoms. The largest absolute Gasteiger partial charge is 0.277 e. The van der Waals surface area contributed by atoms with Crippen LogP contribution in [0.25, 0.3) is 0 Å². The average molecular weight is 437 g/mol. The highest BCUT2D eigenvalue weighted by Gasteiger charge is 2.16. The number of nitrogens with zero attached hydrogens (tertiary/aromatic N) is 1. The molecule has 0 aliphatic carbocycles. The predicted molar refractivity (Wildman–Crippen MR) is 93.3 cm³/mol. The van der Waals surface area contributed by atoms with E-state index in [1.165, 1.54) is 0 Å². The summed E-state index contributed by atoms with van der Waals surface area (Å²) < 4.78 is 27.7. The van der Waals surface area contributed by atoms with Crippen LogP contribution in [0.15, 0.2) is 41.3 Å². The van der Waals surface area contributed by atoms with Gasteiger partial charge in [-0.3, -0.25) is 4.72 Å². The van der Waals surface area contributed by atoms with Gasteiger partial charge in [-0.2, -0.15) is 0 Å². The second-order valence-electron chi connectivity index (χ2n) is 4.80. The lowest BCUT2D eigenvalue weighted by molar-refractivity contribution is 0.601. The van der Waals surface area contributed by atoms with E-state index in [9.17, 15) is 8.42 Å². The summed E-state index contributed by atoms with van der Waals surface area (Å²) in [5.41, 5.74) is 1.50. The molecule has 0 aliphatic rings. The molecule has 112 valence electrons. The molecule has 1 heterocycles. The maximum Gasteiger partial charge on any atom is 0.261 e. The van der Waals surface area contributed by atoms with Gasteiger partial charge in [-0.1, -0.05) is 37.6 Å². The molecule has 1 aromatic heterocycles. The number of aromatic nitrogens is 1. The zero-order valence-electron chi connectivity index (χ0n) is 11.5. The van der Waals surface area contributed by atoms with Gasteiger partial charge in [0.25, 0.3) is 10.0 Å². The smallest absolute Gasteiger partial charge is 0.261 e. The Balaban J connectivity index is 2.29. The Kier molecular flexibility index (Phi) is 5.11. The van der Waals surface area contributed by atoms with Crippen molar-refractivity contribution >= 4 is 49.9 Å². The molecule has 0 unspecified atom stereocenters. The summed E-state index contributed by atoms with van der Waals surface area (Å²) in [5, 5.41) is 0.323. The van der Waals surface area contributed by atoms with Crippen molar-refractivity contribution in [1.82, 2.24) is 4.98 Å². The quantitative estimate of drug-likeness (QED) is 0.575. The number of hydrogen-bond donors (Lipinski definition) is 1. The molecular weight excluding hydrogens is 423 g/mol. The van der Waals surface area contributed by atoms with E-state index in [1.54, 1.807) is 24.3 Å². The number of benzene rings is 1. The molecule has 2 aromatic rings. The fraction of sp³-hybridized carbons (Fsp3) is 0.214. The number of hydrogen-bond acceptors (Lipinski definition) is 3. The van der Waals surface area contributed by atoms with Crippen molar-refractivity contribution in [3.05, 3.63) is 50.8 Å². The first-order valence-electron chi connectivity index (χ1n) is 6.24. The minimum atomic E-state index is -3.63. The lowest BCUT2D eigenvalue weighted by atomic mass is 10.0. The van der Waals surface area contributed by atoms with Crippen LogP contribution in [0.4, 0.5) is 5.69 Å². The molecule has 0 bridgehead atoms. The van der Waals surface area contributed by atoms with Gasteiger partial charge in [0, 0.05) is 0 Å². The zero-order chi connectivity index (χ0) is 15.6. The first-order chi connectivity index (χ1) is 9.79. The molecule has 21 heavy (non-hydrogen) atoms. The maximum absolute atomic E-state index is 12.3. The third-order valence-electron chi connectivity index (χ3n) is 2.92. The van der Waals surface area contributed by atoms with E-state index < -0.39 is 10.0 Å². The summed E-state index contributed by atoms with van der Waals surface area (Å²) >= 11 is 7.70. The van der Waals surface area contributed by atoms with Crippen LogP contribution in [0.2, 0.25) is 5.15 Å². The Hall–Kier alpha value is -0.860. The highest BCUT2D eigenvalue weighted by Crippen LogP contribution is 2.23. The average Bonchev–Trinajstić information content (AvgIpc) is 2.42. The highest BCUT2D eigenvalue weighted by molar-refractivity contribution is 14.1. The van der Waals surface area contributed by atoms with Crippen LogP contribution in [0.5, 0.6) is 0 Å². The summed E-state index contributed by atoms with van der Waals surface area (Å²) in [6, 6.07) is 10.00. The molecule has 0 radical (unpaired) electrons. The third kappa shape index (κ3) is 4.08. The van der Waals surface area contributed by atoms with E-state index in [4.69, 9.17) is 11.6 Å². The molecule has 4 nitrogen and oxygen atoms in total. The number of sulfonamides is 1. The number of halogens is 2. The van der Waals surface area contributed by atoms with Crippen molar-refractivity contribution in [2.45, 2.75) is 24.7 Å². The van der Waals surface area contributed by atoms with E-state index >= 15 is 0 Å². The Morgan fingerprint density at radius 3 is 2.29 bits per heavy atom. The minimum absolute atomic E-state index is 0.220. The van der Waals surface area contributed by atoms with Crippen LogP contribution in [0, 0.1) is 3.70 Å². The maximum atomic E-state index is 12.3. The van der Waals surface area contributed by atoms with Gasteiger partial charge < -0.3 is 0 Å². The first-order valence-corrected chi connectivity index (χ1v) is 9.18. The normalized spacial score (nSPS) is 11.7. The number of rotatable bonds is 4. The molecular formula is C14H14ClIN2O2S. The standard InChI is InChI=1S/C14H14ClIN2O2S/c1-9(2)10-3-5-11(6-4-10)21(19,20)18-12-7-8-13(15)17-14(12)16/h3-9,18H,1-2H3. The van der Waals surface area contributed by atoms with Crippen molar-refractivity contribution < 1.29 is 8.42 Å². The number of anilines is 1. The molecule has 1 N–H and O–H groups in total. The Bertz CT molecular complexity index is 746. The summed E-state index contributed by atoms with van der Waals surface area (Å²) in [6.45, 7) is 4.12. The summed E-state index contributed by atoms with van der Waals surface area (Å²) in [5.74, 6) is 0.358. The van der Waals surface area contributed by atoms with Gasteiger partial charge in [0.2, 0.25) is 0 Å². The van der Waals surface area contributed by atoms with Gasteiger partial charge in [0.1, 0.15) is 8.85 Å². The third-order valence-corrected chi connectivity index (χ3v) is 5.33. The Morgan fingerprint density at radius 2 is 1.76 bits per heavy atom. The summed E-state index contributed by atoms with van der Waals surface area (Å²) in [6.07, 6.45) is 0. The van der Waals surface area contributed by atoms with Crippen molar-refractivity contribution in [2.75, 3.05) is 4.72 Å². The fourth-order valence-electron chi connectivity index (χ4n) is 1.72. The van der Waals surface area contributed by atoms with Gasteiger partial charge in [-0.25, -0.2) is 13.4 Å². The predicted octanol–water partition coefficient (Wildman–Crippen LogP) is 4.26. The van der Waals surface area contributed by atoms with E-state index in [2.05, 4.69) is 23.6 Å². The lowest BCUT2D eigenvalue weighted by Gasteiger charge is -2.11. The minimum Gasteiger partial charge on any atom is -0.277 e. The van der Waals surface area contributed by atoms with Gasteiger partial charge in [0.15, 0.2) is 0 Å². The van der Waals surface area contributed by atoms with Crippen molar-refractivity contribution in [1.29, 1.82) is 0 Å². The second-order valence-corrected chi connectivity index (χ2v) is 7.89. The second kappa shape index (κ2) is 6.50. The molecule has 0 spiro atoms. The van der Waals surface area contributed by atoms with Crippen molar-refractivity contribution in [3.8, 4) is 0 Å². The van der Waals surface area contributed by atoms with E-state index in [0.29, 0.717) is 20.5 Å². The molecule has 0 amide bonds. The van der Waals surface area contributed by atoms with E-state index in [-0.39, 0.29) is 4.90 Å². The first kappa shape index (κ1) is 16.5. The van der Waals surface area contributed by atoms with Gasteiger partial charge >= 0.3 is 0 Å². The molecule has 0 fully saturated rings. The Morgan fingerprint density at radius 1 is 1.14 bits per heavy atom. The van der Waals surface area contributed by atoms with Gasteiger partial charge in [0.05, 0.1) is 10.6 Å². The summed E-state index contributed by atoms with van der Waals surface area (Å²) in [7, 11) is -3.63. The highest BCUT2D eigenvalue weighted by atomic mass is 127. The van der Waals surface area contributed by atoms with Crippen LogP contribution in [0.1, 0.15) is 25.3 Å². The molecule has 2 rings (SSSR count). The van der Waals surface area contributed by atoms with Crippen LogP contribution >= 0.6 is 34.2 Å². The molecule has 0 saturated carbocycles. The number of nitrogens with one attached hydrogen (secondary N) is 1. The van der Waals surface area contributed by atoms with E-state index in [1.807, 2.05) is 34.7 Å². The van der Waals surface area contributed by atoms with E-state index in [0.717, 1.165) is 5.56 Å². The molecule has 0 aliphatic heterocycles. The fourth-order valence-corrected chi connectivity index (χ4v) is 3.84. The van der Waals surface area contributed by atoms with Gasteiger partial charge in [-0.15, -0.1) is 0 Å². The van der Waals surface area contributed by atoms with Gasteiger partial charge in [-0.05, 0) is 58.3 Å². The van der Waals surface area contributed by atoms with Crippen LogP contribution in [-0.4, -0.2) is 13.4 Å². The zero-order valence-corrected chi connectivity index (χ0v) is 15.2. The Labute approximate surface area is 143 Å². The van der Waals surface area contributed by atoms with Crippen molar-refractivity contribution in [2.24, 2.45) is 0 Å². The molecule has 0 atom stereocenters. The molecule has 1 aromatic carbocycles.